The van der Waals surface area contributed by atoms with Crippen LogP contribution in [-0.2, 0) is 21.3 Å². The van der Waals surface area contributed by atoms with Crippen LogP contribution in [-0.4, -0.2) is 39.0 Å². The lowest BCUT2D eigenvalue weighted by molar-refractivity contribution is 0.142. The van der Waals surface area contributed by atoms with Crippen LogP contribution in [0, 0.1) is 0 Å². The van der Waals surface area contributed by atoms with E-state index in [1.165, 1.54) is 17.5 Å². The van der Waals surface area contributed by atoms with E-state index in [0.29, 0.717) is 12.1 Å². The minimum atomic E-state index is -3.78. The molecule has 0 bridgehead atoms. The van der Waals surface area contributed by atoms with Crippen molar-refractivity contribution in [2.45, 2.75) is 31.3 Å². The van der Waals surface area contributed by atoms with Gasteiger partial charge in [-0.2, -0.15) is 4.31 Å². The van der Waals surface area contributed by atoms with Gasteiger partial charge in [-0.25, -0.2) is 8.42 Å². The summed E-state index contributed by atoms with van der Waals surface area (Å²) in [4.78, 5) is -0.0260. The molecule has 1 atom stereocenters. The summed E-state index contributed by atoms with van der Waals surface area (Å²) < 4.78 is 32.0. The van der Waals surface area contributed by atoms with E-state index in [1.54, 1.807) is 19.9 Å². The van der Waals surface area contributed by atoms with Gasteiger partial charge in [-0.3, -0.25) is 0 Å². The van der Waals surface area contributed by atoms with Crippen LogP contribution in [0.4, 0.5) is 0 Å². The van der Waals surface area contributed by atoms with E-state index in [0.717, 1.165) is 0 Å². The van der Waals surface area contributed by atoms with Crippen LogP contribution < -0.4 is 5.73 Å². The Morgan fingerprint density at radius 1 is 1.38 bits per heavy atom. The standard InChI is InChI=1S/C13H20Cl2N2O3S/c1-4-17(9(2)8-20-3)21(18,19)12-6-11(14)5-10(7-16)13(12)15/h5-6,9H,4,7-8,16H2,1-3H3. The van der Waals surface area contributed by atoms with Crippen LogP contribution in [0.2, 0.25) is 10.0 Å². The molecule has 21 heavy (non-hydrogen) atoms. The van der Waals surface area contributed by atoms with Crippen molar-refractivity contribution >= 4 is 33.2 Å². The van der Waals surface area contributed by atoms with Gasteiger partial charge in [-0.1, -0.05) is 30.1 Å². The zero-order chi connectivity index (χ0) is 16.2. The SMILES string of the molecule is CCN(C(C)COC)S(=O)(=O)c1cc(Cl)cc(CN)c1Cl. The second-order valence-electron chi connectivity index (χ2n) is 4.59. The lowest BCUT2D eigenvalue weighted by atomic mass is 10.2. The summed E-state index contributed by atoms with van der Waals surface area (Å²) in [7, 11) is -2.25. The van der Waals surface area contributed by atoms with E-state index in [9.17, 15) is 8.42 Å². The molecule has 1 rings (SSSR count). The molecule has 1 aromatic carbocycles. The minimum absolute atomic E-state index is 0.0260. The third-order valence-corrected chi connectivity index (χ3v) is 5.99. The van der Waals surface area contributed by atoms with E-state index < -0.39 is 10.0 Å². The van der Waals surface area contributed by atoms with E-state index in [2.05, 4.69) is 0 Å². The van der Waals surface area contributed by atoms with Crippen LogP contribution in [0.15, 0.2) is 17.0 Å². The minimum Gasteiger partial charge on any atom is -0.383 e. The predicted octanol–water partition coefficient (Wildman–Crippen LogP) is 2.50. The monoisotopic (exact) mass is 354 g/mol. The molecule has 2 N–H and O–H groups in total. The van der Waals surface area contributed by atoms with Crippen LogP contribution >= 0.6 is 23.2 Å². The Morgan fingerprint density at radius 2 is 2.00 bits per heavy atom. The van der Waals surface area contributed by atoms with Crippen molar-refractivity contribution in [1.82, 2.24) is 4.31 Å². The first-order chi connectivity index (χ1) is 9.79. The van der Waals surface area contributed by atoms with Crippen molar-refractivity contribution in [3.8, 4) is 0 Å². The fraction of sp³-hybridized carbons (Fsp3) is 0.538. The number of hydrogen-bond donors (Lipinski definition) is 1. The van der Waals surface area contributed by atoms with Gasteiger partial charge in [0.1, 0.15) is 4.90 Å². The smallest absolute Gasteiger partial charge is 0.244 e. The molecular formula is C13H20Cl2N2O3S. The zero-order valence-electron chi connectivity index (χ0n) is 12.3. The number of hydrogen-bond acceptors (Lipinski definition) is 4. The molecular weight excluding hydrogens is 335 g/mol. The van der Waals surface area contributed by atoms with E-state index in [-0.39, 0.29) is 34.1 Å². The highest BCUT2D eigenvalue weighted by Gasteiger charge is 2.30. The van der Waals surface area contributed by atoms with Crippen molar-refractivity contribution in [1.29, 1.82) is 0 Å². The summed E-state index contributed by atoms with van der Waals surface area (Å²) >= 11 is 12.1. The molecule has 5 nitrogen and oxygen atoms in total. The maximum atomic E-state index is 12.8. The average Bonchev–Trinajstić information content (AvgIpc) is 2.41. The van der Waals surface area contributed by atoms with Crippen molar-refractivity contribution in [3.05, 3.63) is 27.7 Å². The summed E-state index contributed by atoms with van der Waals surface area (Å²) in [6.07, 6.45) is 0. The van der Waals surface area contributed by atoms with Gasteiger partial charge in [0.05, 0.1) is 11.6 Å². The summed E-state index contributed by atoms with van der Waals surface area (Å²) in [5.41, 5.74) is 6.07. The first-order valence-corrected chi connectivity index (χ1v) is 8.67. The number of nitrogens with two attached hydrogens (primary N) is 1. The molecule has 0 aromatic heterocycles. The fourth-order valence-electron chi connectivity index (χ4n) is 2.12. The maximum Gasteiger partial charge on any atom is 0.244 e. The molecule has 0 aliphatic heterocycles. The highest BCUT2D eigenvalue weighted by Crippen LogP contribution is 2.32. The van der Waals surface area contributed by atoms with E-state index in [1.807, 2.05) is 0 Å². The Hall–Kier alpha value is -0.370. The van der Waals surface area contributed by atoms with Gasteiger partial charge in [-0.15, -0.1) is 0 Å². The lowest BCUT2D eigenvalue weighted by Crippen LogP contribution is -2.41. The molecule has 0 fully saturated rings. The largest absolute Gasteiger partial charge is 0.383 e. The molecule has 8 heteroatoms. The predicted molar refractivity (Wildman–Crippen MR) is 85.3 cm³/mol. The summed E-state index contributed by atoms with van der Waals surface area (Å²) in [6, 6.07) is 2.60. The summed E-state index contributed by atoms with van der Waals surface area (Å²) in [5.74, 6) is 0. The Balaban J connectivity index is 3.39. The van der Waals surface area contributed by atoms with Crippen LogP contribution in [0.5, 0.6) is 0 Å². The number of rotatable bonds is 7. The highest BCUT2D eigenvalue weighted by atomic mass is 35.5. The molecule has 1 aromatic rings. The summed E-state index contributed by atoms with van der Waals surface area (Å²) in [5, 5.41) is 0.402. The first kappa shape index (κ1) is 18.7. The van der Waals surface area contributed by atoms with Crippen LogP contribution in [0.1, 0.15) is 19.4 Å². The number of halogens is 2. The molecule has 0 heterocycles. The van der Waals surface area contributed by atoms with Crippen LogP contribution in [0.3, 0.4) is 0 Å². The molecule has 0 aliphatic carbocycles. The molecule has 0 saturated heterocycles. The first-order valence-electron chi connectivity index (χ1n) is 6.48. The molecule has 0 radical (unpaired) electrons. The van der Waals surface area contributed by atoms with Gasteiger partial charge in [0, 0.05) is 31.3 Å². The number of likely N-dealkylation sites (N-methyl/N-ethyl adjacent to an activating group) is 1. The number of benzene rings is 1. The zero-order valence-corrected chi connectivity index (χ0v) is 14.6. The van der Waals surface area contributed by atoms with Gasteiger partial charge < -0.3 is 10.5 Å². The fourth-order valence-corrected chi connectivity index (χ4v) is 4.67. The van der Waals surface area contributed by atoms with Gasteiger partial charge >= 0.3 is 0 Å². The summed E-state index contributed by atoms with van der Waals surface area (Å²) in [6.45, 7) is 4.23. The van der Waals surface area contributed by atoms with Crippen molar-refractivity contribution in [3.63, 3.8) is 0 Å². The van der Waals surface area contributed by atoms with Gasteiger partial charge in [0.25, 0.3) is 0 Å². The van der Waals surface area contributed by atoms with E-state index >= 15 is 0 Å². The van der Waals surface area contributed by atoms with Gasteiger partial charge in [0.2, 0.25) is 10.0 Å². The molecule has 0 aliphatic rings. The highest BCUT2D eigenvalue weighted by molar-refractivity contribution is 7.89. The van der Waals surface area contributed by atoms with Crippen molar-refractivity contribution < 1.29 is 13.2 Å². The third-order valence-electron chi connectivity index (χ3n) is 3.10. The Bertz CT molecular complexity index is 593. The van der Waals surface area contributed by atoms with Crippen molar-refractivity contribution in [2.75, 3.05) is 20.3 Å². The number of ether oxygens (including phenoxy) is 1. The van der Waals surface area contributed by atoms with Gasteiger partial charge in [-0.05, 0) is 24.6 Å². The maximum absolute atomic E-state index is 12.8. The molecule has 0 saturated carbocycles. The topological polar surface area (TPSA) is 72.6 Å². The Morgan fingerprint density at radius 3 is 2.48 bits per heavy atom. The van der Waals surface area contributed by atoms with Crippen LogP contribution in [0.25, 0.3) is 0 Å². The lowest BCUT2D eigenvalue weighted by Gasteiger charge is -2.27. The second kappa shape index (κ2) is 7.76. The number of sulfonamides is 1. The molecule has 0 spiro atoms. The number of methoxy groups -OCH3 is 1. The molecule has 0 amide bonds. The molecule has 120 valence electrons. The normalized spacial score (nSPS) is 13.7. The van der Waals surface area contributed by atoms with E-state index in [4.69, 9.17) is 33.7 Å². The third kappa shape index (κ3) is 4.09. The Labute approximate surface area is 136 Å². The Kier molecular flexibility index (Phi) is 6.90. The molecule has 1 unspecified atom stereocenters. The van der Waals surface area contributed by atoms with Crippen molar-refractivity contribution in [2.24, 2.45) is 5.73 Å². The van der Waals surface area contributed by atoms with Gasteiger partial charge in [0.15, 0.2) is 0 Å². The number of nitrogens with zero attached hydrogens (tertiary/aromatic N) is 1. The average molecular weight is 355 g/mol. The second-order valence-corrected chi connectivity index (χ2v) is 7.27. The quantitative estimate of drug-likeness (QED) is 0.816.